The monoisotopic (exact) mass is 271 g/mol. The molecule has 4 rings (SSSR count). The van der Waals surface area contributed by atoms with E-state index < -0.39 is 0 Å². The van der Waals surface area contributed by atoms with Gasteiger partial charge in [-0.2, -0.15) is 0 Å². The fraction of sp³-hybridized carbons (Fsp3) is 0.400. The van der Waals surface area contributed by atoms with Gasteiger partial charge < -0.3 is 20.1 Å². The van der Waals surface area contributed by atoms with E-state index in [9.17, 15) is 0 Å². The highest BCUT2D eigenvalue weighted by Gasteiger charge is 2.28. The molecule has 2 unspecified atom stereocenters. The van der Waals surface area contributed by atoms with Gasteiger partial charge >= 0.3 is 0 Å². The first-order valence-electron chi connectivity index (χ1n) is 6.91. The molecule has 104 valence electrons. The molecule has 1 aromatic carbocycles. The number of nitrogens with two attached hydrogens (primary N) is 1. The minimum Gasteiger partial charge on any atom is -0.454 e. The van der Waals surface area contributed by atoms with Gasteiger partial charge in [0.25, 0.3) is 0 Å². The summed E-state index contributed by atoms with van der Waals surface area (Å²) >= 11 is 0. The van der Waals surface area contributed by atoms with Gasteiger partial charge in [0, 0.05) is 30.7 Å². The summed E-state index contributed by atoms with van der Waals surface area (Å²) in [7, 11) is 0. The molecule has 3 heterocycles. The number of aromatic nitrogens is 1. The molecule has 1 saturated heterocycles. The summed E-state index contributed by atoms with van der Waals surface area (Å²) in [6, 6.07) is 6.25. The lowest BCUT2D eigenvalue weighted by molar-refractivity contribution is 0.174. The standard InChI is InChI=1S/C15H17N3O2/c1-9-6-18(7-12(9)16)15-11-5-14-13(19-8-20-14)4-10(11)2-3-17-15/h2-5,9,12H,6-8,16H2,1H3. The van der Waals surface area contributed by atoms with Crippen LogP contribution in [0.25, 0.3) is 10.8 Å². The summed E-state index contributed by atoms with van der Waals surface area (Å²) in [5.41, 5.74) is 6.13. The molecule has 1 aromatic heterocycles. The molecule has 5 heteroatoms. The van der Waals surface area contributed by atoms with Crippen molar-refractivity contribution < 1.29 is 9.47 Å². The molecule has 0 aliphatic carbocycles. The number of benzene rings is 1. The zero-order chi connectivity index (χ0) is 13.7. The van der Waals surface area contributed by atoms with E-state index in [0.29, 0.717) is 12.7 Å². The third-order valence-corrected chi connectivity index (χ3v) is 4.21. The summed E-state index contributed by atoms with van der Waals surface area (Å²) in [6.07, 6.45) is 1.84. The van der Waals surface area contributed by atoms with Crippen LogP contribution in [0.15, 0.2) is 24.4 Å². The van der Waals surface area contributed by atoms with Gasteiger partial charge in [-0.1, -0.05) is 6.92 Å². The van der Waals surface area contributed by atoms with E-state index in [2.05, 4.69) is 16.8 Å². The number of fused-ring (bicyclic) bond motifs is 2. The highest BCUT2D eigenvalue weighted by atomic mass is 16.7. The molecular formula is C15H17N3O2. The Labute approximate surface area is 117 Å². The average molecular weight is 271 g/mol. The summed E-state index contributed by atoms with van der Waals surface area (Å²) in [4.78, 5) is 6.82. The molecule has 2 aliphatic heterocycles. The Morgan fingerprint density at radius 3 is 2.80 bits per heavy atom. The lowest BCUT2D eigenvalue weighted by Crippen LogP contribution is -2.28. The second kappa shape index (κ2) is 4.24. The molecule has 0 spiro atoms. The van der Waals surface area contributed by atoms with E-state index in [0.717, 1.165) is 41.2 Å². The first-order valence-corrected chi connectivity index (χ1v) is 6.91. The molecule has 20 heavy (non-hydrogen) atoms. The minimum absolute atomic E-state index is 0.209. The van der Waals surface area contributed by atoms with Crippen LogP contribution in [0.1, 0.15) is 6.92 Å². The number of hydrogen-bond acceptors (Lipinski definition) is 5. The van der Waals surface area contributed by atoms with Crippen molar-refractivity contribution in [2.45, 2.75) is 13.0 Å². The van der Waals surface area contributed by atoms with Crippen molar-refractivity contribution in [3.8, 4) is 11.5 Å². The number of nitrogens with zero attached hydrogens (tertiary/aromatic N) is 2. The molecule has 2 aromatic rings. The van der Waals surface area contributed by atoms with Gasteiger partial charge in [0.2, 0.25) is 6.79 Å². The zero-order valence-corrected chi connectivity index (χ0v) is 11.4. The predicted molar refractivity (Wildman–Crippen MR) is 77.2 cm³/mol. The summed E-state index contributed by atoms with van der Waals surface area (Å²) in [5.74, 6) is 3.08. The van der Waals surface area contributed by atoms with Gasteiger partial charge in [0.15, 0.2) is 11.5 Å². The maximum atomic E-state index is 6.13. The SMILES string of the molecule is CC1CN(c2nccc3cc4c(cc23)OCO4)CC1N. The molecule has 2 N–H and O–H groups in total. The van der Waals surface area contributed by atoms with E-state index >= 15 is 0 Å². The number of hydrogen-bond donors (Lipinski definition) is 1. The van der Waals surface area contributed by atoms with Crippen molar-refractivity contribution in [3.63, 3.8) is 0 Å². The Hall–Kier alpha value is -2.01. The smallest absolute Gasteiger partial charge is 0.231 e. The van der Waals surface area contributed by atoms with Crippen LogP contribution in [-0.2, 0) is 0 Å². The van der Waals surface area contributed by atoms with Crippen LogP contribution in [0.4, 0.5) is 5.82 Å². The topological polar surface area (TPSA) is 60.6 Å². The van der Waals surface area contributed by atoms with Crippen molar-refractivity contribution in [2.75, 3.05) is 24.8 Å². The Kier molecular flexibility index (Phi) is 2.50. The maximum Gasteiger partial charge on any atom is 0.231 e. The number of anilines is 1. The van der Waals surface area contributed by atoms with Gasteiger partial charge in [-0.05, 0) is 29.5 Å². The van der Waals surface area contributed by atoms with Gasteiger partial charge in [-0.15, -0.1) is 0 Å². The largest absolute Gasteiger partial charge is 0.454 e. The fourth-order valence-corrected chi connectivity index (χ4v) is 2.96. The molecular weight excluding hydrogens is 254 g/mol. The average Bonchev–Trinajstić information content (AvgIpc) is 3.02. The van der Waals surface area contributed by atoms with E-state index in [4.69, 9.17) is 15.2 Å². The first kappa shape index (κ1) is 11.8. The van der Waals surface area contributed by atoms with Gasteiger partial charge in [-0.3, -0.25) is 0 Å². The minimum atomic E-state index is 0.209. The Morgan fingerprint density at radius 1 is 1.25 bits per heavy atom. The third-order valence-electron chi connectivity index (χ3n) is 4.21. The molecule has 0 bridgehead atoms. The van der Waals surface area contributed by atoms with Crippen molar-refractivity contribution in [2.24, 2.45) is 11.7 Å². The second-order valence-corrected chi connectivity index (χ2v) is 5.61. The van der Waals surface area contributed by atoms with Crippen molar-refractivity contribution in [3.05, 3.63) is 24.4 Å². The van der Waals surface area contributed by atoms with Crippen molar-refractivity contribution in [1.29, 1.82) is 0 Å². The van der Waals surface area contributed by atoms with E-state index in [1.54, 1.807) is 0 Å². The Balaban J connectivity index is 1.84. The van der Waals surface area contributed by atoms with Crippen molar-refractivity contribution >= 4 is 16.6 Å². The Bertz CT molecular complexity index is 663. The highest BCUT2D eigenvalue weighted by Crippen LogP contribution is 2.39. The van der Waals surface area contributed by atoms with E-state index in [1.807, 2.05) is 24.4 Å². The summed E-state index contributed by atoms with van der Waals surface area (Å²) < 4.78 is 10.9. The molecule has 0 radical (unpaired) electrons. The number of pyridine rings is 1. The van der Waals surface area contributed by atoms with Crippen LogP contribution in [-0.4, -0.2) is 30.9 Å². The Morgan fingerprint density at radius 2 is 2.05 bits per heavy atom. The number of rotatable bonds is 1. The zero-order valence-electron chi connectivity index (χ0n) is 11.4. The van der Waals surface area contributed by atoms with Crippen LogP contribution in [0, 0.1) is 5.92 Å². The number of ether oxygens (including phenoxy) is 2. The molecule has 2 aliphatic rings. The summed E-state index contributed by atoms with van der Waals surface area (Å²) in [5, 5.41) is 2.21. The molecule has 0 saturated carbocycles. The highest BCUT2D eigenvalue weighted by molar-refractivity contribution is 5.94. The molecule has 2 atom stereocenters. The van der Waals surface area contributed by atoms with Crippen LogP contribution >= 0.6 is 0 Å². The quantitative estimate of drug-likeness (QED) is 0.856. The molecule has 1 fully saturated rings. The third kappa shape index (κ3) is 1.70. The lowest BCUT2D eigenvalue weighted by Gasteiger charge is -2.19. The fourth-order valence-electron chi connectivity index (χ4n) is 2.96. The van der Waals surface area contributed by atoms with Gasteiger partial charge in [-0.25, -0.2) is 4.98 Å². The van der Waals surface area contributed by atoms with Crippen LogP contribution in [0.2, 0.25) is 0 Å². The van der Waals surface area contributed by atoms with Crippen LogP contribution in [0.5, 0.6) is 11.5 Å². The van der Waals surface area contributed by atoms with E-state index in [-0.39, 0.29) is 6.04 Å². The van der Waals surface area contributed by atoms with Gasteiger partial charge in [0.05, 0.1) is 0 Å². The van der Waals surface area contributed by atoms with E-state index in [1.165, 1.54) is 0 Å². The first-order chi connectivity index (χ1) is 9.72. The lowest BCUT2D eigenvalue weighted by atomic mass is 10.1. The molecule has 5 nitrogen and oxygen atoms in total. The normalized spacial score (nSPS) is 24.6. The van der Waals surface area contributed by atoms with Crippen LogP contribution < -0.4 is 20.1 Å². The van der Waals surface area contributed by atoms with Crippen LogP contribution in [0.3, 0.4) is 0 Å². The predicted octanol–water partition coefficient (Wildman–Crippen LogP) is 1.75. The summed E-state index contributed by atoms with van der Waals surface area (Å²) in [6.45, 7) is 4.27. The maximum absolute atomic E-state index is 6.13. The molecule has 0 amide bonds. The second-order valence-electron chi connectivity index (χ2n) is 5.61. The van der Waals surface area contributed by atoms with Gasteiger partial charge in [0.1, 0.15) is 5.82 Å². The van der Waals surface area contributed by atoms with Crippen molar-refractivity contribution in [1.82, 2.24) is 4.98 Å².